The molecule has 18 heavy (non-hydrogen) atoms. The van der Waals surface area contributed by atoms with Crippen LogP contribution in [0.2, 0.25) is 0 Å². The molecule has 3 nitrogen and oxygen atoms in total. The number of furan rings is 1. The van der Waals surface area contributed by atoms with E-state index in [1.54, 1.807) is 24.5 Å². The van der Waals surface area contributed by atoms with Gasteiger partial charge in [-0.05, 0) is 58.8 Å². The zero-order valence-electron chi connectivity index (χ0n) is 9.81. The summed E-state index contributed by atoms with van der Waals surface area (Å²) in [6.07, 6.45) is 4.62. The highest BCUT2D eigenvalue weighted by Gasteiger charge is 2.02. The molecule has 92 valence electrons. The molecule has 4 heteroatoms. The van der Waals surface area contributed by atoms with Crippen LogP contribution in [0.5, 0.6) is 0 Å². The zero-order chi connectivity index (χ0) is 13.0. The van der Waals surface area contributed by atoms with E-state index in [0.29, 0.717) is 5.76 Å². The Kier molecular flexibility index (Phi) is 3.99. The standard InChI is InChI=1S/C14H12BrNO2/c1-10-4-6-13(12(15)9-10)16-14(17)7-5-11-3-2-8-18-11/h2-9H,1H3,(H,16,17)/b7-5+. The fourth-order valence-electron chi connectivity index (χ4n) is 1.44. The van der Waals surface area contributed by atoms with Gasteiger partial charge in [0.1, 0.15) is 5.76 Å². The number of anilines is 1. The van der Waals surface area contributed by atoms with Gasteiger partial charge in [0.05, 0.1) is 12.0 Å². The van der Waals surface area contributed by atoms with Gasteiger partial charge < -0.3 is 9.73 Å². The van der Waals surface area contributed by atoms with Crippen LogP contribution in [0.15, 0.2) is 51.6 Å². The van der Waals surface area contributed by atoms with Crippen molar-refractivity contribution in [3.05, 3.63) is 58.5 Å². The van der Waals surface area contributed by atoms with E-state index in [4.69, 9.17) is 4.42 Å². The third-order valence-corrected chi connectivity index (χ3v) is 2.98. The molecule has 0 bridgehead atoms. The van der Waals surface area contributed by atoms with Crippen molar-refractivity contribution in [2.24, 2.45) is 0 Å². The Morgan fingerprint density at radius 3 is 2.89 bits per heavy atom. The molecule has 0 aliphatic heterocycles. The van der Waals surface area contributed by atoms with Crippen LogP contribution in [0, 0.1) is 6.92 Å². The van der Waals surface area contributed by atoms with Crippen LogP contribution in [0.25, 0.3) is 6.08 Å². The zero-order valence-corrected chi connectivity index (χ0v) is 11.4. The van der Waals surface area contributed by atoms with Crippen molar-refractivity contribution in [3.8, 4) is 0 Å². The molecule has 1 aromatic heterocycles. The molecule has 1 amide bonds. The van der Waals surface area contributed by atoms with Gasteiger partial charge in [-0.3, -0.25) is 4.79 Å². The van der Waals surface area contributed by atoms with E-state index in [2.05, 4.69) is 21.2 Å². The number of aryl methyl sites for hydroxylation is 1. The lowest BCUT2D eigenvalue weighted by Crippen LogP contribution is -2.08. The van der Waals surface area contributed by atoms with Crippen LogP contribution in [0.3, 0.4) is 0 Å². The number of hydrogen-bond donors (Lipinski definition) is 1. The van der Waals surface area contributed by atoms with Crippen molar-refractivity contribution in [1.29, 1.82) is 0 Å². The van der Waals surface area contributed by atoms with Crippen LogP contribution in [-0.4, -0.2) is 5.91 Å². The van der Waals surface area contributed by atoms with Gasteiger partial charge in [-0.25, -0.2) is 0 Å². The minimum atomic E-state index is -0.198. The van der Waals surface area contributed by atoms with E-state index >= 15 is 0 Å². The number of amides is 1. The summed E-state index contributed by atoms with van der Waals surface area (Å²) in [6, 6.07) is 9.31. The van der Waals surface area contributed by atoms with Crippen molar-refractivity contribution in [2.45, 2.75) is 6.92 Å². The van der Waals surface area contributed by atoms with Gasteiger partial charge in [0, 0.05) is 10.5 Å². The number of hydrogen-bond acceptors (Lipinski definition) is 2. The van der Waals surface area contributed by atoms with Crippen molar-refractivity contribution in [2.75, 3.05) is 5.32 Å². The lowest BCUT2D eigenvalue weighted by Gasteiger charge is -2.05. The first kappa shape index (κ1) is 12.6. The molecule has 1 heterocycles. The second kappa shape index (κ2) is 5.69. The maximum atomic E-state index is 11.7. The van der Waals surface area contributed by atoms with Gasteiger partial charge in [-0.1, -0.05) is 6.07 Å². The molecule has 2 rings (SSSR count). The van der Waals surface area contributed by atoms with Crippen molar-refractivity contribution < 1.29 is 9.21 Å². The average molecular weight is 306 g/mol. The second-order valence-corrected chi connectivity index (χ2v) is 4.68. The van der Waals surface area contributed by atoms with E-state index < -0.39 is 0 Å². The van der Waals surface area contributed by atoms with Crippen LogP contribution in [0.4, 0.5) is 5.69 Å². The van der Waals surface area contributed by atoms with Gasteiger partial charge in [0.25, 0.3) is 0 Å². The summed E-state index contributed by atoms with van der Waals surface area (Å²) < 4.78 is 5.96. The Labute approximate surface area is 114 Å². The highest BCUT2D eigenvalue weighted by molar-refractivity contribution is 9.10. The Hall–Kier alpha value is -1.81. The van der Waals surface area contributed by atoms with Crippen LogP contribution < -0.4 is 5.32 Å². The molecule has 0 atom stereocenters. The normalized spacial score (nSPS) is 10.8. The largest absolute Gasteiger partial charge is 0.465 e. The maximum absolute atomic E-state index is 11.7. The number of carbonyl (C=O) groups excluding carboxylic acids is 1. The van der Waals surface area contributed by atoms with Gasteiger partial charge in [0.15, 0.2) is 0 Å². The predicted molar refractivity (Wildman–Crippen MR) is 75.3 cm³/mol. The summed E-state index contributed by atoms with van der Waals surface area (Å²) in [5.74, 6) is 0.448. The molecule has 0 aliphatic carbocycles. The van der Waals surface area contributed by atoms with Crippen LogP contribution in [0.1, 0.15) is 11.3 Å². The summed E-state index contributed by atoms with van der Waals surface area (Å²) in [5, 5.41) is 2.79. The Morgan fingerprint density at radius 2 is 2.22 bits per heavy atom. The van der Waals surface area contributed by atoms with Crippen LogP contribution in [-0.2, 0) is 4.79 Å². The van der Waals surface area contributed by atoms with Crippen molar-refractivity contribution >= 4 is 33.6 Å². The molecule has 0 spiro atoms. The molecule has 1 N–H and O–H groups in total. The second-order valence-electron chi connectivity index (χ2n) is 3.82. The molecule has 0 aliphatic rings. The van der Waals surface area contributed by atoms with Crippen molar-refractivity contribution in [1.82, 2.24) is 0 Å². The minimum absolute atomic E-state index is 0.198. The Bertz CT molecular complexity index is 573. The van der Waals surface area contributed by atoms with Crippen molar-refractivity contribution in [3.63, 3.8) is 0 Å². The maximum Gasteiger partial charge on any atom is 0.248 e. The molecule has 2 aromatic rings. The minimum Gasteiger partial charge on any atom is -0.465 e. The van der Waals surface area contributed by atoms with E-state index in [9.17, 15) is 4.79 Å². The fourth-order valence-corrected chi connectivity index (χ4v) is 2.03. The first-order valence-corrected chi connectivity index (χ1v) is 6.23. The molecule has 0 fully saturated rings. The third kappa shape index (κ3) is 3.34. The summed E-state index contributed by atoms with van der Waals surface area (Å²) in [5.41, 5.74) is 1.88. The molecule has 0 saturated carbocycles. The number of halogens is 1. The molecule has 1 aromatic carbocycles. The summed E-state index contributed by atoms with van der Waals surface area (Å²) in [6.45, 7) is 1.99. The van der Waals surface area contributed by atoms with Gasteiger partial charge >= 0.3 is 0 Å². The number of nitrogens with one attached hydrogen (secondary N) is 1. The molecular formula is C14H12BrNO2. The number of benzene rings is 1. The van der Waals surface area contributed by atoms with E-state index in [1.165, 1.54) is 6.08 Å². The fraction of sp³-hybridized carbons (Fsp3) is 0.0714. The Morgan fingerprint density at radius 1 is 1.39 bits per heavy atom. The van der Waals surface area contributed by atoms with Gasteiger partial charge in [0.2, 0.25) is 5.91 Å². The molecule has 0 unspecified atom stereocenters. The monoisotopic (exact) mass is 305 g/mol. The van der Waals surface area contributed by atoms with Gasteiger partial charge in [-0.15, -0.1) is 0 Å². The quantitative estimate of drug-likeness (QED) is 0.871. The number of carbonyl (C=O) groups is 1. The summed E-state index contributed by atoms with van der Waals surface area (Å²) in [7, 11) is 0. The van der Waals surface area contributed by atoms with E-state index in [-0.39, 0.29) is 5.91 Å². The van der Waals surface area contributed by atoms with E-state index in [0.717, 1.165) is 15.7 Å². The first-order chi connectivity index (χ1) is 8.65. The predicted octanol–water partition coefficient (Wildman–Crippen LogP) is 4.00. The highest BCUT2D eigenvalue weighted by Crippen LogP contribution is 2.23. The molecule has 0 saturated heterocycles. The lowest BCUT2D eigenvalue weighted by molar-refractivity contribution is -0.111. The average Bonchev–Trinajstić information content (AvgIpc) is 2.83. The SMILES string of the molecule is Cc1ccc(NC(=O)/C=C/c2ccco2)c(Br)c1. The smallest absolute Gasteiger partial charge is 0.248 e. The Balaban J connectivity index is 2.03. The lowest BCUT2D eigenvalue weighted by atomic mass is 10.2. The summed E-state index contributed by atoms with van der Waals surface area (Å²) in [4.78, 5) is 11.7. The highest BCUT2D eigenvalue weighted by atomic mass is 79.9. The first-order valence-electron chi connectivity index (χ1n) is 5.44. The van der Waals surface area contributed by atoms with E-state index in [1.807, 2.05) is 25.1 Å². The van der Waals surface area contributed by atoms with Crippen LogP contribution >= 0.6 is 15.9 Å². The van der Waals surface area contributed by atoms with Gasteiger partial charge in [-0.2, -0.15) is 0 Å². The number of rotatable bonds is 3. The summed E-state index contributed by atoms with van der Waals surface area (Å²) >= 11 is 3.41. The molecule has 0 radical (unpaired) electrons. The third-order valence-electron chi connectivity index (χ3n) is 2.32. The molecular weight excluding hydrogens is 294 g/mol. The topological polar surface area (TPSA) is 42.2 Å².